The monoisotopic (exact) mass is 368 g/mol. The maximum atomic E-state index is 12.3. The molecule has 2 aromatic rings. The number of nitrogens with one attached hydrogen (secondary N) is 2. The summed E-state index contributed by atoms with van der Waals surface area (Å²) in [7, 11) is 0. The topological polar surface area (TPSA) is 93.7 Å². The molecule has 2 rings (SSSR count). The highest BCUT2D eigenvalue weighted by Crippen LogP contribution is 2.18. The summed E-state index contributed by atoms with van der Waals surface area (Å²) in [4.78, 5) is 35.3. The molecule has 0 saturated carbocycles. The molecule has 0 spiro atoms. The summed E-state index contributed by atoms with van der Waals surface area (Å²) in [5, 5.41) is 5.42. The fraction of sp³-hybridized carbons (Fsp3) is 0.150. The Morgan fingerprint density at radius 1 is 1.00 bits per heavy atom. The highest BCUT2D eigenvalue weighted by molar-refractivity contribution is 6.05. The van der Waals surface area contributed by atoms with Gasteiger partial charge in [0.1, 0.15) is 5.75 Å². The molecule has 0 fully saturated rings. The SMILES string of the molecule is C=C(C)C(=O)Nc1cccc(NC(=O)c2ccc(OC(=O)OCC)cc2)c1. The van der Waals surface area contributed by atoms with Crippen molar-refractivity contribution in [2.45, 2.75) is 13.8 Å². The standard InChI is InChI=1S/C20H20N2O5/c1-4-26-20(25)27-17-10-8-14(9-11-17)19(24)22-16-7-5-6-15(12-16)21-18(23)13(2)3/h5-12H,2,4H2,1,3H3,(H,21,23)(H,22,24). The highest BCUT2D eigenvalue weighted by Gasteiger charge is 2.10. The molecule has 2 N–H and O–H groups in total. The lowest BCUT2D eigenvalue weighted by Crippen LogP contribution is -2.14. The Bertz CT molecular complexity index is 859. The van der Waals surface area contributed by atoms with Crippen molar-refractivity contribution in [2.24, 2.45) is 0 Å². The number of ether oxygens (including phenoxy) is 2. The van der Waals surface area contributed by atoms with Crippen LogP contribution in [0.2, 0.25) is 0 Å². The molecule has 0 bridgehead atoms. The van der Waals surface area contributed by atoms with E-state index in [1.54, 1.807) is 38.1 Å². The molecular weight excluding hydrogens is 348 g/mol. The highest BCUT2D eigenvalue weighted by atomic mass is 16.7. The third-order valence-corrected chi connectivity index (χ3v) is 3.35. The largest absolute Gasteiger partial charge is 0.513 e. The van der Waals surface area contributed by atoms with Gasteiger partial charge in [0, 0.05) is 22.5 Å². The smallest absolute Gasteiger partial charge is 0.434 e. The molecule has 0 unspecified atom stereocenters. The van der Waals surface area contributed by atoms with Crippen LogP contribution in [0, 0.1) is 0 Å². The minimum absolute atomic E-state index is 0.214. The number of hydrogen-bond acceptors (Lipinski definition) is 5. The van der Waals surface area contributed by atoms with Crippen LogP contribution < -0.4 is 15.4 Å². The van der Waals surface area contributed by atoms with Crippen molar-refractivity contribution in [1.29, 1.82) is 0 Å². The first-order valence-corrected chi connectivity index (χ1v) is 8.22. The van der Waals surface area contributed by atoms with E-state index >= 15 is 0 Å². The van der Waals surface area contributed by atoms with Gasteiger partial charge >= 0.3 is 6.16 Å². The Morgan fingerprint density at radius 2 is 1.63 bits per heavy atom. The molecule has 7 nitrogen and oxygen atoms in total. The first-order valence-electron chi connectivity index (χ1n) is 8.22. The fourth-order valence-corrected chi connectivity index (χ4v) is 2.03. The zero-order valence-electron chi connectivity index (χ0n) is 15.1. The van der Waals surface area contributed by atoms with Gasteiger partial charge in [0.25, 0.3) is 11.8 Å². The Balaban J connectivity index is 2.01. The second kappa shape index (κ2) is 9.19. The van der Waals surface area contributed by atoms with Crippen LogP contribution >= 0.6 is 0 Å². The summed E-state index contributed by atoms with van der Waals surface area (Å²) in [6.45, 7) is 7.07. The average molecular weight is 368 g/mol. The van der Waals surface area contributed by atoms with Gasteiger partial charge in [0.2, 0.25) is 0 Å². The van der Waals surface area contributed by atoms with E-state index in [4.69, 9.17) is 4.74 Å². The van der Waals surface area contributed by atoms with Crippen molar-refractivity contribution in [2.75, 3.05) is 17.2 Å². The van der Waals surface area contributed by atoms with E-state index in [9.17, 15) is 14.4 Å². The van der Waals surface area contributed by atoms with Crippen molar-refractivity contribution >= 4 is 29.3 Å². The molecular formula is C20H20N2O5. The van der Waals surface area contributed by atoms with Crippen LogP contribution in [-0.2, 0) is 9.53 Å². The zero-order chi connectivity index (χ0) is 19.8. The fourth-order valence-electron chi connectivity index (χ4n) is 2.03. The minimum atomic E-state index is -0.802. The van der Waals surface area contributed by atoms with Crippen LogP contribution in [0.15, 0.2) is 60.7 Å². The van der Waals surface area contributed by atoms with Crippen molar-refractivity contribution in [3.05, 3.63) is 66.2 Å². The van der Waals surface area contributed by atoms with Crippen LogP contribution in [0.1, 0.15) is 24.2 Å². The van der Waals surface area contributed by atoms with Crippen molar-refractivity contribution in [1.82, 2.24) is 0 Å². The van der Waals surface area contributed by atoms with Crippen LogP contribution in [-0.4, -0.2) is 24.6 Å². The van der Waals surface area contributed by atoms with Gasteiger partial charge < -0.3 is 20.1 Å². The molecule has 2 amide bonds. The number of benzene rings is 2. The first-order chi connectivity index (χ1) is 12.9. The Morgan fingerprint density at radius 3 is 2.22 bits per heavy atom. The second-order valence-electron chi connectivity index (χ2n) is 5.58. The molecule has 0 aliphatic rings. The summed E-state index contributed by atoms with van der Waals surface area (Å²) < 4.78 is 9.62. The van der Waals surface area contributed by atoms with Crippen LogP contribution in [0.5, 0.6) is 5.75 Å². The molecule has 27 heavy (non-hydrogen) atoms. The summed E-state index contributed by atoms with van der Waals surface area (Å²) in [5.41, 5.74) is 1.82. The van der Waals surface area contributed by atoms with Crippen molar-refractivity contribution in [3.63, 3.8) is 0 Å². The Labute approximate surface area is 157 Å². The van der Waals surface area contributed by atoms with E-state index in [1.165, 1.54) is 24.3 Å². The number of carbonyl (C=O) groups excluding carboxylic acids is 3. The van der Waals surface area contributed by atoms with Crippen LogP contribution in [0.4, 0.5) is 16.2 Å². The molecule has 0 atom stereocenters. The van der Waals surface area contributed by atoms with E-state index in [1.807, 2.05) is 0 Å². The predicted octanol–water partition coefficient (Wildman–Crippen LogP) is 3.99. The number of anilines is 2. The third-order valence-electron chi connectivity index (χ3n) is 3.35. The normalized spacial score (nSPS) is 9.85. The molecule has 0 aliphatic heterocycles. The molecule has 0 aromatic heterocycles. The predicted molar refractivity (Wildman–Crippen MR) is 102 cm³/mol. The second-order valence-corrected chi connectivity index (χ2v) is 5.58. The third kappa shape index (κ3) is 6.00. The van der Waals surface area contributed by atoms with Gasteiger partial charge in [-0.2, -0.15) is 0 Å². The summed E-state index contributed by atoms with van der Waals surface area (Å²) in [5.74, 6) is -0.369. The van der Waals surface area contributed by atoms with Gasteiger partial charge in [0.15, 0.2) is 0 Å². The molecule has 140 valence electrons. The average Bonchev–Trinajstić information content (AvgIpc) is 2.62. The number of carbonyl (C=O) groups is 3. The van der Waals surface area contributed by atoms with Gasteiger partial charge in [-0.15, -0.1) is 0 Å². The number of hydrogen-bond donors (Lipinski definition) is 2. The number of amides is 2. The molecule has 0 radical (unpaired) electrons. The van der Waals surface area contributed by atoms with E-state index in [0.29, 0.717) is 22.5 Å². The quantitative estimate of drug-likeness (QED) is 0.457. The van der Waals surface area contributed by atoms with Gasteiger partial charge in [-0.25, -0.2) is 4.79 Å². The first kappa shape index (κ1) is 19.7. The van der Waals surface area contributed by atoms with E-state index in [0.717, 1.165) is 0 Å². The van der Waals surface area contributed by atoms with E-state index in [2.05, 4.69) is 21.9 Å². The maximum absolute atomic E-state index is 12.3. The maximum Gasteiger partial charge on any atom is 0.513 e. The van der Waals surface area contributed by atoms with Crippen molar-refractivity contribution < 1.29 is 23.9 Å². The van der Waals surface area contributed by atoms with Crippen LogP contribution in [0.3, 0.4) is 0 Å². The molecule has 0 heterocycles. The summed E-state index contributed by atoms with van der Waals surface area (Å²) in [6.07, 6.45) is -0.802. The lowest BCUT2D eigenvalue weighted by Gasteiger charge is -2.09. The van der Waals surface area contributed by atoms with Gasteiger partial charge in [-0.3, -0.25) is 9.59 Å². The van der Waals surface area contributed by atoms with Gasteiger partial charge in [-0.05, 0) is 56.3 Å². The summed E-state index contributed by atoms with van der Waals surface area (Å²) >= 11 is 0. The summed E-state index contributed by atoms with van der Waals surface area (Å²) in [6, 6.07) is 12.8. The molecule has 0 aliphatic carbocycles. The molecule has 7 heteroatoms. The number of rotatable bonds is 6. The van der Waals surface area contributed by atoms with Crippen LogP contribution in [0.25, 0.3) is 0 Å². The van der Waals surface area contributed by atoms with Crippen molar-refractivity contribution in [3.8, 4) is 5.75 Å². The molecule has 2 aromatic carbocycles. The van der Waals surface area contributed by atoms with Gasteiger partial charge in [-0.1, -0.05) is 12.6 Å². The zero-order valence-corrected chi connectivity index (χ0v) is 15.1. The van der Waals surface area contributed by atoms with E-state index in [-0.39, 0.29) is 24.2 Å². The lowest BCUT2D eigenvalue weighted by molar-refractivity contribution is -0.112. The van der Waals surface area contributed by atoms with Gasteiger partial charge in [0.05, 0.1) is 6.61 Å². The minimum Gasteiger partial charge on any atom is -0.434 e. The Kier molecular flexibility index (Phi) is 6.71. The lowest BCUT2D eigenvalue weighted by atomic mass is 10.2. The van der Waals surface area contributed by atoms with E-state index < -0.39 is 6.16 Å². The Hall–Kier alpha value is -3.61. The molecule has 0 saturated heterocycles.